The van der Waals surface area contributed by atoms with Crippen LogP contribution in [0.25, 0.3) is 0 Å². The van der Waals surface area contributed by atoms with Crippen LogP contribution in [0.3, 0.4) is 0 Å². The Labute approximate surface area is 165 Å². The molecule has 148 valence electrons. The standard InChI is InChI=1S/C21H24N2O4S/c1-4-28(25,26)14-16-5-7-17(8-6-16)20-13-21(23(22-20)15(2)24)18-9-11-19(27-3)12-10-18/h5-12,21H,4,13-14H2,1-3H3. The third kappa shape index (κ3) is 4.42. The molecule has 0 bridgehead atoms. The molecule has 0 fully saturated rings. The van der Waals surface area contributed by atoms with Crippen molar-refractivity contribution in [2.45, 2.75) is 32.1 Å². The van der Waals surface area contributed by atoms with Crippen molar-refractivity contribution in [2.24, 2.45) is 5.10 Å². The van der Waals surface area contributed by atoms with Gasteiger partial charge in [-0.15, -0.1) is 0 Å². The zero-order valence-electron chi connectivity index (χ0n) is 16.3. The first-order valence-corrected chi connectivity index (χ1v) is 11.0. The first kappa shape index (κ1) is 20.1. The van der Waals surface area contributed by atoms with Gasteiger partial charge in [-0.3, -0.25) is 4.79 Å². The minimum Gasteiger partial charge on any atom is -0.497 e. The average molecular weight is 401 g/mol. The number of rotatable bonds is 6. The monoisotopic (exact) mass is 400 g/mol. The van der Waals surface area contributed by atoms with Gasteiger partial charge < -0.3 is 4.74 Å². The van der Waals surface area contributed by atoms with Gasteiger partial charge in [0.05, 0.1) is 24.6 Å². The van der Waals surface area contributed by atoms with Crippen LogP contribution in [0.2, 0.25) is 0 Å². The van der Waals surface area contributed by atoms with Gasteiger partial charge in [-0.05, 0) is 28.8 Å². The van der Waals surface area contributed by atoms with Gasteiger partial charge in [0.25, 0.3) is 0 Å². The number of hydrogen-bond donors (Lipinski definition) is 0. The molecule has 1 atom stereocenters. The van der Waals surface area contributed by atoms with Crippen molar-refractivity contribution in [3.8, 4) is 5.75 Å². The van der Waals surface area contributed by atoms with E-state index in [2.05, 4.69) is 5.10 Å². The van der Waals surface area contributed by atoms with Crippen LogP contribution in [-0.4, -0.2) is 37.9 Å². The van der Waals surface area contributed by atoms with Gasteiger partial charge in [0.2, 0.25) is 5.91 Å². The summed E-state index contributed by atoms with van der Waals surface area (Å²) in [6.07, 6.45) is 0.596. The Morgan fingerprint density at radius 1 is 1.14 bits per heavy atom. The quantitative estimate of drug-likeness (QED) is 0.745. The van der Waals surface area contributed by atoms with Gasteiger partial charge in [0.15, 0.2) is 9.84 Å². The summed E-state index contributed by atoms with van der Waals surface area (Å²) < 4.78 is 28.8. The van der Waals surface area contributed by atoms with E-state index in [0.29, 0.717) is 6.42 Å². The summed E-state index contributed by atoms with van der Waals surface area (Å²) >= 11 is 0. The number of hydrogen-bond acceptors (Lipinski definition) is 5. The van der Waals surface area contributed by atoms with E-state index in [1.807, 2.05) is 48.5 Å². The predicted octanol–water partition coefficient (Wildman–Crippen LogP) is 3.33. The second-order valence-corrected chi connectivity index (χ2v) is 9.13. The van der Waals surface area contributed by atoms with Crippen LogP contribution >= 0.6 is 0 Å². The van der Waals surface area contributed by atoms with Crippen molar-refractivity contribution in [1.29, 1.82) is 0 Å². The molecule has 0 spiro atoms. The highest BCUT2D eigenvalue weighted by molar-refractivity contribution is 7.90. The molecule has 2 aromatic rings. The summed E-state index contributed by atoms with van der Waals surface area (Å²) in [6.45, 7) is 3.15. The average Bonchev–Trinajstić information content (AvgIpc) is 3.14. The number of hydrazone groups is 1. The summed E-state index contributed by atoms with van der Waals surface area (Å²) in [5.41, 5.74) is 3.43. The molecule has 0 aromatic heterocycles. The van der Waals surface area contributed by atoms with E-state index >= 15 is 0 Å². The lowest BCUT2D eigenvalue weighted by Crippen LogP contribution is -2.24. The summed E-state index contributed by atoms with van der Waals surface area (Å²) in [5.74, 6) is 0.791. The number of benzene rings is 2. The molecule has 1 amide bonds. The lowest BCUT2D eigenvalue weighted by atomic mass is 9.98. The van der Waals surface area contributed by atoms with Gasteiger partial charge in [-0.2, -0.15) is 5.10 Å². The van der Waals surface area contributed by atoms with E-state index in [9.17, 15) is 13.2 Å². The molecule has 6 nitrogen and oxygen atoms in total. The molecule has 1 heterocycles. The highest BCUT2D eigenvalue weighted by Gasteiger charge is 2.31. The Bertz CT molecular complexity index is 980. The van der Waals surface area contributed by atoms with Gasteiger partial charge >= 0.3 is 0 Å². The second-order valence-electron chi connectivity index (χ2n) is 6.78. The summed E-state index contributed by atoms with van der Waals surface area (Å²) in [5, 5.41) is 6.04. The lowest BCUT2D eigenvalue weighted by molar-refractivity contribution is -0.130. The van der Waals surface area contributed by atoms with Crippen LogP contribution in [0.1, 0.15) is 43.0 Å². The molecule has 0 radical (unpaired) electrons. The largest absolute Gasteiger partial charge is 0.497 e. The molecule has 3 rings (SSSR count). The smallest absolute Gasteiger partial charge is 0.240 e. The van der Waals surface area contributed by atoms with Gasteiger partial charge in [0, 0.05) is 19.1 Å². The van der Waals surface area contributed by atoms with Crippen LogP contribution in [0.5, 0.6) is 5.75 Å². The van der Waals surface area contributed by atoms with Gasteiger partial charge in [0.1, 0.15) is 5.75 Å². The van der Waals surface area contributed by atoms with E-state index in [4.69, 9.17) is 4.74 Å². The first-order valence-electron chi connectivity index (χ1n) is 9.14. The number of carbonyl (C=O) groups excluding carboxylic acids is 1. The van der Waals surface area contributed by atoms with Gasteiger partial charge in [-0.25, -0.2) is 13.4 Å². The van der Waals surface area contributed by atoms with Crippen molar-refractivity contribution in [1.82, 2.24) is 5.01 Å². The van der Waals surface area contributed by atoms with Crippen LogP contribution in [-0.2, 0) is 20.4 Å². The molecule has 0 N–H and O–H groups in total. The molecule has 0 aliphatic carbocycles. The number of carbonyl (C=O) groups is 1. The molecular formula is C21H24N2O4S. The number of ether oxygens (including phenoxy) is 1. The third-order valence-electron chi connectivity index (χ3n) is 4.85. The number of amides is 1. The molecule has 1 unspecified atom stereocenters. The van der Waals surface area contributed by atoms with Crippen molar-refractivity contribution in [3.05, 3.63) is 65.2 Å². The first-order chi connectivity index (χ1) is 13.3. The number of sulfone groups is 1. The molecule has 1 aliphatic heterocycles. The third-order valence-corrected chi connectivity index (χ3v) is 6.50. The number of nitrogens with zero attached hydrogens (tertiary/aromatic N) is 2. The summed E-state index contributed by atoms with van der Waals surface area (Å²) in [6, 6.07) is 14.8. The van der Waals surface area contributed by atoms with Crippen molar-refractivity contribution < 1.29 is 17.9 Å². The van der Waals surface area contributed by atoms with Crippen LogP contribution in [0, 0.1) is 0 Å². The fourth-order valence-electron chi connectivity index (χ4n) is 3.21. The normalized spacial score (nSPS) is 16.8. The molecule has 7 heteroatoms. The maximum Gasteiger partial charge on any atom is 0.240 e. The highest BCUT2D eigenvalue weighted by Crippen LogP contribution is 2.33. The molecule has 0 saturated carbocycles. The molecule has 28 heavy (non-hydrogen) atoms. The Kier molecular flexibility index (Phi) is 5.84. The second kappa shape index (κ2) is 8.14. The molecule has 2 aromatic carbocycles. The highest BCUT2D eigenvalue weighted by atomic mass is 32.2. The maximum atomic E-state index is 12.1. The Hall–Kier alpha value is -2.67. The SMILES string of the molecule is CCS(=O)(=O)Cc1ccc(C2=NN(C(C)=O)C(c3ccc(OC)cc3)C2)cc1. The minimum atomic E-state index is -3.07. The fourth-order valence-corrected chi connectivity index (χ4v) is 4.11. The van der Waals surface area contributed by atoms with Crippen LogP contribution in [0.4, 0.5) is 0 Å². The Balaban J connectivity index is 1.82. The van der Waals surface area contributed by atoms with E-state index in [-0.39, 0.29) is 23.5 Å². The van der Waals surface area contributed by atoms with Crippen molar-refractivity contribution in [2.75, 3.05) is 12.9 Å². The zero-order valence-corrected chi connectivity index (χ0v) is 17.1. The van der Waals surface area contributed by atoms with E-state index in [0.717, 1.165) is 28.2 Å². The number of methoxy groups -OCH3 is 1. The predicted molar refractivity (Wildman–Crippen MR) is 109 cm³/mol. The van der Waals surface area contributed by atoms with Crippen LogP contribution < -0.4 is 4.74 Å². The van der Waals surface area contributed by atoms with Gasteiger partial charge in [-0.1, -0.05) is 43.3 Å². The maximum absolute atomic E-state index is 12.1. The van der Waals surface area contributed by atoms with Crippen molar-refractivity contribution in [3.63, 3.8) is 0 Å². The Morgan fingerprint density at radius 3 is 2.32 bits per heavy atom. The minimum absolute atomic E-state index is 0.0320. The zero-order chi connectivity index (χ0) is 20.3. The van der Waals surface area contributed by atoms with E-state index in [1.54, 1.807) is 14.0 Å². The van der Waals surface area contributed by atoms with Crippen LogP contribution in [0.15, 0.2) is 53.6 Å². The lowest BCUT2D eigenvalue weighted by Gasteiger charge is -2.20. The summed E-state index contributed by atoms with van der Waals surface area (Å²) in [7, 11) is -1.45. The van der Waals surface area contributed by atoms with Crippen molar-refractivity contribution >= 4 is 21.5 Å². The fraction of sp³-hybridized carbons (Fsp3) is 0.333. The Morgan fingerprint density at radius 2 is 1.79 bits per heavy atom. The molecule has 0 saturated heterocycles. The molecule has 1 aliphatic rings. The topological polar surface area (TPSA) is 76.0 Å². The summed E-state index contributed by atoms with van der Waals surface area (Å²) in [4.78, 5) is 12.1. The van der Waals surface area contributed by atoms with E-state index < -0.39 is 9.84 Å². The van der Waals surface area contributed by atoms with E-state index in [1.165, 1.54) is 11.9 Å². The molecular weight excluding hydrogens is 376 g/mol.